The monoisotopic (exact) mass is 430 g/mol. The van der Waals surface area contributed by atoms with Crippen LogP contribution in [0.1, 0.15) is 23.7 Å². The van der Waals surface area contributed by atoms with Gasteiger partial charge in [0.2, 0.25) is 10.0 Å². The smallest absolute Gasteiger partial charge is 0.255 e. The number of nitrogens with one attached hydrogen (secondary N) is 2. The zero-order valence-electron chi connectivity index (χ0n) is 16.1. The molecule has 1 aromatic heterocycles. The van der Waals surface area contributed by atoms with E-state index in [1.54, 1.807) is 42.6 Å². The second-order valence-electron chi connectivity index (χ2n) is 6.29. The van der Waals surface area contributed by atoms with Gasteiger partial charge in [-0.05, 0) is 55.1 Å². The van der Waals surface area contributed by atoms with Gasteiger partial charge in [-0.15, -0.1) is 0 Å². The fraction of sp³-hybridized carbons (Fsp3) is 0.200. The van der Waals surface area contributed by atoms with E-state index in [1.807, 2.05) is 36.1 Å². The predicted molar refractivity (Wildman–Crippen MR) is 117 cm³/mol. The second kappa shape index (κ2) is 9.15. The molecule has 0 aliphatic rings. The third-order valence-corrected chi connectivity index (χ3v) is 6.22. The van der Waals surface area contributed by atoms with Gasteiger partial charge in [-0.1, -0.05) is 24.8 Å². The van der Waals surface area contributed by atoms with E-state index in [0.717, 1.165) is 10.8 Å². The van der Waals surface area contributed by atoms with E-state index < -0.39 is 10.0 Å². The summed E-state index contributed by atoms with van der Waals surface area (Å²) < 4.78 is 28.1. The summed E-state index contributed by atoms with van der Waals surface area (Å²) in [7, 11) is -3.34. The van der Waals surface area contributed by atoms with Crippen molar-refractivity contribution in [1.82, 2.24) is 9.55 Å². The van der Waals surface area contributed by atoms with Gasteiger partial charge < -0.3 is 5.32 Å². The van der Waals surface area contributed by atoms with Crippen LogP contribution in [-0.2, 0) is 10.0 Å². The van der Waals surface area contributed by atoms with Crippen LogP contribution in [0.3, 0.4) is 0 Å². The van der Waals surface area contributed by atoms with Crippen LogP contribution in [0.25, 0.3) is 5.69 Å². The Labute approximate surface area is 174 Å². The minimum absolute atomic E-state index is 0.0665. The maximum Gasteiger partial charge on any atom is 0.255 e. The van der Waals surface area contributed by atoms with Crippen LogP contribution in [0.5, 0.6) is 0 Å². The maximum absolute atomic E-state index is 12.6. The van der Waals surface area contributed by atoms with Crippen molar-refractivity contribution >= 4 is 39.1 Å². The largest absolute Gasteiger partial charge is 0.322 e. The summed E-state index contributed by atoms with van der Waals surface area (Å²) in [5, 5.41) is 3.67. The van der Waals surface area contributed by atoms with Crippen molar-refractivity contribution in [2.45, 2.75) is 18.5 Å². The Morgan fingerprint density at radius 1 is 1.14 bits per heavy atom. The Bertz CT molecular complexity index is 1090. The highest BCUT2D eigenvalue weighted by atomic mass is 32.2. The van der Waals surface area contributed by atoms with E-state index in [9.17, 15) is 13.2 Å². The fourth-order valence-electron chi connectivity index (χ4n) is 2.76. The van der Waals surface area contributed by atoms with Crippen molar-refractivity contribution < 1.29 is 13.2 Å². The number of sulfonamides is 1. The predicted octanol–water partition coefficient (Wildman–Crippen LogP) is 4.00. The van der Waals surface area contributed by atoms with Gasteiger partial charge >= 0.3 is 0 Å². The first-order valence-electron chi connectivity index (χ1n) is 9.01. The van der Waals surface area contributed by atoms with Crippen LogP contribution in [0.15, 0.2) is 66.1 Å². The summed E-state index contributed by atoms with van der Waals surface area (Å²) in [6.45, 7) is 1.81. The molecule has 2 N–H and O–H groups in total. The number of benzene rings is 2. The number of hydrogen-bond donors (Lipinski definition) is 2. The van der Waals surface area contributed by atoms with E-state index >= 15 is 0 Å². The average Bonchev–Trinajstić information content (AvgIpc) is 3.18. The molecule has 7 nitrogen and oxygen atoms in total. The van der Waals surface area contributed by atoms with Crippen molar-refractivity contribution in [2.75, 3.05) is 22.0 Å². The van der Waals surface area contributed by atoms with E-state index in [-0.39, 0.29) is 11.7 Å². The summed E-state index contributed by atoms with van der Waals surface area (Å²) in [5.41, 5.74) is 2.39. The molecule has 3 rings (SSSR count). The molecule has 9 heteroatoms. The molecule has 1 heterocycles. The lowest BCUT2D eigenvalue weighted by Gasteiger charge is -2.10. The SMILES string of the molecule is CCCS(=O)(=O)Nc1ccc(NC(=O)c2cccc(-n3ccnc3SC)c2)cc1. The highest BCUT2D eigenvalue weighted by Crippen LogP contribution is 2.20. The molecule has 0 aliphatic heterocycles. The minimum Gasteiger partial charge on any atom is -0.322 e. The van der Waals surface area contributed by atoms with Crippen LogP contribution in [0.2, 0.25) is 0 Å². The molecule has 0 saturated heterocycles. The molecule has 29 heavy (non-hydrogen) atoms. The number of amides is 1. The van der Waals surface area contributed by atoms with Crippen molar-refractivity contribution in [1.29, 1.82) is 0 Å². The number of thioether (sulfide) groups is 1. The van der Waals surface area contributed by atoms with Gasteiger partial charge in [0.25, 0.3) is 5.91 Å². The first kappa shape index (κ1) is 20.9. The van der Waals surface area contributed by atoms with Gasteiger partial charge in [0.15, 0.2) is 5.16 Å². The van der Waals surface area contributed by atoms with Gasteiger partial charge in [0.1, 0.15) is 0 Å². The molecule has 0 unspecified atom stereocenters. The second-order valence-corrected chi connectivity index (χ2v) is 8.90. The minimum atomic E-state index is -3.34. The number of carbonyl (C=O) groups is 1. The molecule has 0 fully saturated rings. The molecule has 2 aromatic carbocycles. The third-order valence-electron chi connectivity index (χ3n) is 4.06. The highest BCUT2D eigenvalue weighted by molar-refractivity contribution is 7.98. The summed E-state index contributed by atoms with van der Waals surface area (Å²) in [5.74, 6) is -0.186. The van der Waals surface area contributed by atoms with Gasteiger partial charge in [-0.25, -0.2) is 13.4 Å². The van der Waals surface area contributed by atoms with Crippen LogP contribution in [-0.4, -0.2) is 35.9 Å². The van der Waals surface area contributed by atoms with Crippen molar-refractivity contribution in [3.8, 4) is 5.69 Å². The summed E-state index contributed by atoms with van der Waals surface area (Å²) >= 11 is 1.52. The summed E-state index contributed by atoms with van der Waals surface area (Å²) in [6, 6.07) is 13.8. The van der Waals surface area contributed by atoms with Crippen molar-refractivity contribution in [3.05, 3.63) is 66.5 Å². The first-order chi connectivity index (χ1) is 13.9. The Hall–Kier alpha value is -2.78. The molecule has 1 amide bonds. The van der Waals surface area contributed by atoms with E-state index in [4.69, 9.17) is 0 Å². The first-order valence-corrected chi connectivity index (χ1v) is 11.9. The summed E-state index contributed by atoms with van der Waals surface area (Å²) in [6.07, 6.45) is 6.05. The van der Waals surface area contributed by atoms with E-state index in [0.29, 0.717) is 23.4 Å². The zero-order valence-corrected chi connectivity index (χ0v) is 17.8. The van der Waals surface area contributed by atoms with Gasteiger partial charge in [0.05, 0.1) is 5.75 Å². The van der Waals surface area contributed by atoms with Gasteiger partial charge in [-0.2, -0.15) is 0 Å². The lowest BCUT2D eigenvalue weighted by atomic mass is 10.1. The lowest BCUT2D eigenvalue weighted by molar-refractivity contribution is 0.102. The number of imidazole rings is 1. The number of nitrogens with zero attached hydrogens (tertiary/aromatic N) is 2. The van der Waals surface area contributed by atoms with E-state index in [2.05, 4.69) is 15.0 Å². The molecule has 0 atom stereocenters. The van der Waals surface area contributed by atoms with Crippen molar-refractivity contribution in [2.24, 2.45) is 0 Å². The molecule has 3 aromatic rings. The third kappa shape index (κ3) is 5.39. The Kier molecular flexibility index (Phi) is 6.60. The molecule has 0 aliphatic carbocycles. The average molecular weight is 431 g/mol. The Morgan fingerprint density at radius 2 is 1.86 bits per heavy atom. The molecule has 0 radical (unpaired) electrons. The van der Waals surface area contributed by atoms with Crippen molar-refractivity contribution in [3.63, 3.8) is 0 Å². The van der Waals surface area contributed by atoms with Gasteiger partial charge in [0, 0.05) is 35.0 Å². The van der Waals surface area contributed by atoms with Crippen LogP contribution < -0.4 is 10.0 Å². The van der Waals surface area contributed by atoms with Crippen LogP contribution in [0, 0.1) is 0 Å². The maximum atomic E-state index is 12.6. The normalized spacial score (nSPS) is 11.2. The molecule has 0 bridgehead atoms. The van der Waals surface area contributed by atoms with Gasteiger partial charge in [-0.3, -0.25) is 14.1 Å². The molecule has 0 spiro atoms. The highest BCUT2D eigenvalue weighted by Gasteiger charge is 2.11. The number of anilines is 2. The standard InChI is InChI=1S/C20H22N4O3S2/c1-3-13-29(26,27)23-17-9-7-16(8-10-17)22-19(25)15-5-4-6-18(14-15)24-12-11-21-20(24)28-2/h4-12,14,23H,3,13H2,1-2H3,(H,22,25). The molecular weight excluding hydrogens is 408 g/mol. The number of carbonyl (C=O) groups excluding carboxylic acids is 1. The van der Waals surface area contributed by atoms with Crippen LogP contribution in [0.4, 0.5) is 11.4 Å². The molecule has 0 saturated carbocycles. The quantitative estimate of drug-likeness (QED) is 0.527. The number of rotatable bonds is 8. The lowest BCUT2D eigenvalue weighted by Crippen LogP contribution is -2.16. The number of hydrogen-bond acceptors (Lipinski definition) is 5. The van der Waals surface area contributed by atoms with Crippen LogP contribution >= 0.6 is 11.8 Å². The van der Waals surface area contributed by atoms with E-state index in [1.165, 1.54) is 11.8 Å². The fourth-order valence-corrected chi connectivity index (χ4v) is 4.42. The number of aromatic nitrogens is 2. The Morgan fingerprint density at radius 3 is 2.55 bits per heavy atom. The zero-order chi connectivity index (χ0) is 20.9. The topological polar surface area (TPSA) is 93.1 Å². The molecular formula is C20H22N4O3S2. The molecule has 152 valence electrons. The summed E-state index contributed by atoms with van der Waals surface area (Å²) in [4.78, 5) is 16.9. The Balaban J connectivity index is 1.71.